The lowest BCUT2D eigenvalue weighted by Crippen LogP contribution is -2.41. The molecule has 0 heterocycles. The zero-order valence-corrected chi connectivity index (χ0v) is 20.5. The molecular weight excluding hydrogens is 483 g/mol. The van der Waals surface area contributed by atoms with Crippen molar-refractivity contribution >= 4 is 56.6 Å². The number of halogens is 2. The maximum Gasteiger partial charge on any atom is 0.240 e. The van der Waals surface area contributed by atoms with E-state index in [0.717, 1.165) is 16.1 Å². The molecule has 0 aliphatic carbocycles. The monoisotopic (exact) mass is 506 g/mol. The quantitative estimate of drug-likeness (QED) is 0.466. The molecule has 0 radical (unpaired) electrons. The number of methoxy groups -OCH3 is 2. The lowest BCUT2D eigenvalue weighted by atomic mass is 10.2. The molecule has 0 aromatic heterocycles. The molecule has 1 amide bonds. The van der Waals surface area contributed by atoms with E-state index in [0.29, 0.717) is 39.6 Å². The van der Waals surface area contributed by atoms with E-state index in [-0.39, 0.29) is 12.2 Å². The zero-order valence-electron chi connectivity index (χ0n) is 17.4. The summed E-state index contributed by atoms with van der Waals surface area (Å²) in [5.41, 5.74) is 1.26. The first kappa shape index (κ1) is 25.5. The number of thioether (sulfide) groups is 1. The molecule has 0 spiro atoms. The number of carbonyl (C=O) groups is 1. The topological polar surface area (TPSA) is 84.9 Å². The fourth-order valence-electron chi connectivity index (χ4n) is 2.64. The summed E-state index contributed by atoms with van der Waals surface area (Å²) in [6.07, 6.45) is 1.03. The number of sulfonamides is 1. The Kier molecular flexibility index (Phi) is 9.61. The molecule has 0 aliphatic rings. The number of hydrogen-bond acceptors (Lipinski definition) is 6. The van der Waals surface area contributed by atoms with Crippen molar-refractivity contribution in [2.75, 3.05) is 43.6 Å². The highest BCUT2D eigenvalue weighted by molar-refractivity contribution is 7.98. The second-order valence-corrected chi connectivity index (χ2v) is 10.3. The van der Waals surface area contributed by atoms with Crippen LogP contribution < -0.4 is 19.1 Å². The fourth-order valence-corrected chi connectivity index (χ4v) is 4.62. The first-order valence-corrected chi connectivity index (χ1v) is 12.9. The Hall–Kier alpha value is -1.81. The van der Waals surface area contributed by atoms with Gasteiger partial charge < -0.3 is 14.8 Å². The van der Waals surface area contributed by atoms with Crippen LogP contribution in [0.4, 0.5) is 5.69 Å². The number of carbonyl (C=O) groups excluding carboxylic acids is 1. The molecule has 0 saturated heterocycles. The minimum Gasteiger partial charge on any atom is -0.497 e. The van der Waals surface area contributed by atoms with Gasteiger partial charge in [0.25, 0.3) is 0 Å². The summed E-state index contributed by atoms with van der Waals surface area (Å²) >= 11 is 13.5. The largest absolute Gasteiger partial charge is 0.497 e. The maximum absolute atomic E-state index is 12.4. The minimum absolute atomic E-state index is 0.230. The molecule has 1 N–H and O–H groups in total. The highest BCUT2D eigenvalue weighted by Gasteiger charge is 2.24. The summed E-state index contributed by atoms with van der Waals surface area (Å²) in [4.78, 5) is 12.4. The maximum atomic E-state index is 12.4. The second kappa shape index (κ2) is 11.7. The van der Waals surface area contributed by atoms with Gasteiger partial charge in [0.1, 0.15) is 18.0 Å². The third-order valence-corrected chi connectivity index (χ3v) is 7.06. The van der Waals surface area contributed by atoms with E-state index in [1.54, 1.807) is 36.0 Å². The van der Waals surface area contributed by atoms with Crippen LogP contribution in [0.5, 0.6) is 11.5 Å². The summed E-state index contributed by atoms with van der Waals surface area (Å²) in [6, 6.07) is 10.2. The third-order valence-electron chi connectivity index (χ3n) is 4.16. The number of hydrogen-bond donors (Lipinski definition) is 1. The van der Waals surface area contributed by atoms with Crippen molar-refractivity contribution in [2.24, 2.45) is 0 Å². The van der Waals surface area contributed by atoms with Crippen LogP contribution in [0.2, 0.25) is 10.0 Å². The summed E-state index contributed by atoms with van der Waals surface area (Å²) < 4.78 is 36.1. The summed E-state index contributed by atoms with van der Waals surface area (Å²) in [6.45, 7) is 0.0114. The van der Waals surface area contributed by atoms with Gasteiger partial charge in [-0.15, -0.1) is 0 Å². The molecule has 11 heteroatoms. The Morgan fingerprint density at radius 3 is 2.45 bits per heavy atom. The van der Waals surface area contributed by atoms with E-state index in [2.05, 4.69) is 5.32 Å². The van der Waals surface area contributed by atoms with Crippen LogP contribution in [0.25, 0.3) is 0 Å². The first-order valence-electron chi connectivity index (χ1n) is 9.13. The van der Waals surface area contributed by atoms with Gasteiger partial charge >= 0.3 is 0 Å². The molecule has 2 aromatic carbocycles. The van der Waals surface area contributed by atoms with Gasteiger partial charge in [-0.05, 0) is 29.8 Å². The van der Waals surface area contributed by atoms with Gasteiger partial charge in [0, 0.05) is 24.1 Å². The number of benzene rings is 2. The Morgan fingerprint density at radius 1 is 1.10 bits per heavy atom. The fraction of sp³-hybridized carbons (Fsp3) is 0.350. The molecule has 0 bridgehead atoms. The smallest absolute Gasteiger partial charge is 0.240 e. The van der Waals surface area contributed by atoms with E-state index in [9.17, 15) is 13.2 Å². The number of ether oxygens (including phenoxy) is 2. The van der Waals surface area contributed by atoms with Gasteiger partial charge in [-0.1, -0.05) is 29.3 Å². The molecule has 0 aliphatic heterocycles. The lowest BCUT2D eigenvalue weighted by Gasteiger charge is -2.24. The normalized spacial score (nSPS) is 11.1. The Bertz CT molecular complexity index is 1020. The van der Waals surface area contributed by atoms with E-state index < -0.39 is 15.9 Å². The average molecular weight is 507 g/mol. The van der Waals surface area contributed by atoms with Crippen molar-refractivity contribution in [3.8, 4) is 11.5 Å². The average Bonchev–Trinajstić information content (AvgIpc) is 2.73. The number of anilines is 1. The van der Waals surface area contributed by atoms with Crippen molar-refractivity contribution in [3.05, 3.63) is 52.0 Å². The van der Waals surface area contributed by atoms with Crippen LogP contribution in [0.1, 0.15) is 5.56 Å². The van der Waals surface area contributed by atoms with Crippen LogP contribution >= 0.6 is 35.0 Å². The molecule has 2 aromatic rings. The van der Waals surface area contributed by atoms with Crippen molar-refractivity contribution in [1.29, 1.82) is 0 Å². The van der Waals surface area contributed by atoms with Crippen LogP contribution in [-0.4, -0.2) is 53.6 Å². The van der Waals surface area contributed by atoms with Crippen molar-refractivity contribution in [2.45, 2.75) is 5.75 Å². The SMILES string of the molecule is COc1ccc(OC)c(N(CC(=O)NCCSCc2ccc(Cl)c(Cl)c2)S(C)(=O)=O)c1. The Morgan fingerprint density at radius 2 is 1.84 bits per heavy atom. The lowest BCUT2D eigenvalue weighted by molar-refractivity contribution is -0.119. The zero-order chi connectivity index (χ0) is 23.0. The Balaban J connectivity index is 1.94. The van der Waals surface area contributed by atoms with Crippen molar-refractivity contribution in [1.82, 2.24) is 5.32 Å². The molecule has 0 atom stereocenters. The first-order chi connectivity index (χ1) is 14.7. The van der Waals surface area contributed by atoms with Gasteiger partial charge in [-0.2, -0.15) is 11.8 Å². The van der Waals surface area contributed by atoms with Gasteiger partial charge in [0.15, 0.2) is 0 Å². The van der Waals surface area contributed by atoms with Crippen molar-refractivity contribution < 1.29 is 22.7 Å². The summed E-state index contributed by atoms with van der Waals surface area (Å²) in [7, 11) is -0.843. The van der Waals surface area contributed by atoms with Gasteiger partial charge in [-0.3, -0.25) is 9.10 Å². The van der Waals surface area contributed by atoms with Crippen LogP contribution in [0, 0.1) is 0 Å². The molecule has 170 valence electrons. The Labute approximate surface area is 197 Å². The predicted molar refractivity (Wildman–Crippen MR) is 127 cm³/mol. The number of nitrogens with zero attached hydrogens (tertiary/aromatic N) is 1. The van der Waals surface area contributed by atoms with Gasteiger partial charge in [0.05, 0.1) is 36.2 Å². The number of amides is 1. The summed E-state index contributed by atoms with van der Waals surface area (Å²) in [5, 5.41) is 3.75. The van der Waals surface area contributed by atoms with Crippen LogP contribution in [-0.2, 0) is 20.6 Å². The highest BCUT2D eigenvalue weighted by Crippen LogP contribution is 2.33. The molecule has 7 nitrogen and oxygen atoms in total. The molecule has 0 fully saturated rings. The van der Waals surface area contributed by atoms with E-state index in [4.69, 9.17) is 32.7 Å². The van der Waals surface area contributed by atoms with Crippen molar-refractivity contribution in [3.63, 3.8) is 0 Å². The van der Waals surface area contributed by atoms with Crippen LogP contribution in [0.3, 0.4) is 0 Å². The second-order valence-electron chi connectivity index (χ2n) is 6.46. The van der Waals surface area contributed by atoms with E-state index in [1.165, 1.54) is 20.3 Å². The van der Waals surface area contributed by atoms with Gasteiger partial charge in [-0.25, -0.2) is 8.42 Å². The molecule has 0 saturated carbocycles. The molecule has 2 rings (SSSR count). The molecular formula is C20H24Cl2N2O5S2. The molecule has 31 heavy (non-hydrogen) atoms. The summed E-state index contributed by atoms with van der Waals surface area (Å²) in [5.74, 6) is 1.70. The van der Waals surface area contributed by atoms with Gasteiger partial charge in [0.2, 0.25) is 15.9 Å². The standard InChI is InChI=1S/C20H24Cl2N2O5S2/c1-28-15-5-7-19(29-2)18(11-15)24(31(3,26)27)12-20(25)23-8-9-30-13-14-4-6-16(21)17(22)10-14/h4-7,10-11H,8-9,12-13H2,1-3H3,(H,23,25). The molecule has 0 unspecified atom stereocenters. The highest BCUT2D eigenvalue weighted by atomic mass is 35.5. The van der Waals surface area contributed by atoms with E-state index >= 15 is 0 Å². The number of nitrogens with one attached hydrogen (secondary N) is 1. The predicted octanol–water partition coefficient (Wildman–Crippen LogP) is 3.83. The minimum atomic E-state index is -3.74. The third kappa shape index (κ3) is 7.68. The van der Waals surface area contributed by atoms with E-state index in [1.807, 2.05) is 6.07 Å². The van der Waals surface area contributed by atoms with Crippen LogP contribution in [0.15, 0.2) is 36.4 Å². The number of rotatable bonds is 11.